The minimum atomic E-state index is -0.358. The topological polar surface area (TPSA) is 76.3 Å². The van der Waals surface area contributed by atoms with Crippen molar-refractivity contribution in [3.8, 4) is 0 Å². The van der Waals surface area contributed by atoms with Crippen molar-refractivity contribution in [3.05, 3.63) is 53.3 Å². The Bertz CT molecular complexity index is 767. The average molecular weight is 279 g/mol. The van der Waals surface area contributed by atoms with Gasteiger partial charge in [0.15, 0.2) is 0 Å². The molecule has 2 heterocycles. The number of aromatic nitrogens is 1. The molecule has 0 saturated heterocycles. The van der Waals surface area contributed by atoms with Gasteiger partial charge < -0.3 is 5.73 Å². The van der Waals surface area contributed by atoms with Crippen LogP contribution in [-0.2, 0) is 0 Å². The van der Waals surface area contributed by atoms with Gasteiger partial charge >= 0.3 is 0 Å². The third-order valence-electron chi connectivity index (χ3n) is 4.03. The highest BCUT2D eigenvalue weighted by molar-refractivity contribution is 6.36. The Morgan fingerprint density at radius 1 is 1.10 bits per heavy atom. The molecule has 2 aliphatic rings. The molecule has 2 aromatic rings. The molecule has 1 aliphatic carbocycles. The van der Waals surface area contributed by atoms with Crippen molar-refractivity contribution in [2.45, 2.75) is 18.8 Å². The Hall–Kier alpha value is -2.69. The molecule has 5 heteroatoms. The molecule has 1 saturated carbocycles. The maximum absolute atomic E-state index is 12.7. The van der Waals surface area contributed by atoms with Crippen LogP contribution < -0.4 is 10.6 Å². The zero-order valence-corrected chi connectivity index (χ0v) is 11.2. The first-order valence-corrected chi connectivity index (χ1v) is 6.89. The first-order valence-electron chi connectivity index (χ1n) is 6.89. The molecule has 0 spiro atoms. The van der Waals surface area contributed by atoms with Crippen LogP contribution in [0.25, 0.3) is 0 Å². The fourth-order valence-electron chi connectivity index (χ4n) is 2.87. The number of anilines is 2. The average Bonchev–Trinajstić information content (AvgIpc) is 3.28. The van der Waals surface area contributed by atoms with E-state index in [4.69, 9.17) is 5.73 Å². The quantitative estimate of drug-likeness (QED) is 0.676. The van der Waals surface area contributed by atoms with E-state index in [9.17, 15) is 9.59 Å². The highest BCUT2D eigenvalue weighted by atomic mass is 16.2. The van der Waals surface area contributed by atoms with E-state index in [1.54, 1.807) is 24.4 Å². The van der Waals surface area contributed by atoms with Gasteiger partial charge in [-0.15, -0.1) is 0 Å². The number of benzene rings is 1. The summed E-state index contributed by atoms with van der Waals surface area (Å²) in [5, 5.41) is 0. The number of nitrogens with zero attached hydrogens (tertiary/aromatic N) is 2. The van der Waals surface area contributed by atoms with Gasteiger partial charge in [-0.1, -0.05) is 6.07 Å². The van der Waals surface area contributed by atoms with Crippen molar-refractivity contribution >= 4 is 23.2 Å². The largest absolute Gasteiger partial charge is 0.398 e. The van der Waals surface area contributed by atoms with E-state index in [1.165, 1.54) is 11.1 Å². The molecule has 0 atom stereocenters. The summed E-state index contributed by atoms with van der Waals surface area (Å²) >= 11 is 0. The van der Waals surface area contributed by atoms with Gasteiger partial charge in [0.05, 0.1) is 23.0 Å². The van der Waals surface area contributed by atoms with Gasteiger partial charge in [-0.2, -0.15) is 0 Å². The molecule has 2 N–H and O–H groups in total. The highest BCUT2D eigenvalue weighted by Crippen LogP contribution is 2.45. The van der Waals surface area contributed by atoms with Gasteiger partial charge in [-0.25, -0.2) is 4.90 Å². The predicted molar refractivity (Wildman–Crippen MR) is 78.2 cm³/mol. The van der Waals surface area contributed by atoms with Crippen LogP contribution in [0.4, 0.5) is 11.4 Å². The normalized spacial score (nSPS) is 17.2. The second-order valence-electron chi connectivity index (χ2n) is 5.43. The standard InChI is InChI=1S/C16H13N3O2/c17-12-6-5-11(9-3-4-9)13-14(12)16(21)19(15(13)20)10-2-1-7-18-8-10/h1-2,5-9H,3-4,17H2. The van der Waals surface area contributed by atoms with Crippen molar-refractivity contribution in [2.75, 3.05) is 10.6 Å². The maximum Gasteiger partial charge on any atom is 0.268 e. The van der Waals surface area contributed by atoms with Crippen LogP contribution in [-0.4, -0.2) is 16.8 Å². The lowest BCUT2D eigenvalue weighted by Gasteiger charge is -2.13. The summed E-state index contributed by atoms with van der Waals surface area (Å²) in [7, 11) is 0. The molecular weight excluding hydrogens is 266 g/mol. The summed E-state index contributed by atoms with van der Waals surface area (Å²) in [6, 6.07) is 7.00. The number of pyridine rings is 1. The van der Waals surface area contributed by atoms with E-state index in [-0.39, 0.29) is 11.8 Å². The van der Waals surface area contributed by atoms with Gasteiger partial charge in [-0.3, -0.25) is 14.6 Å². The van der Waals surface area contributed by atoms with E-state index < -0.39 is 0 Å². The molecule has 1 aliphatic heterocycles. The Labute approximate surface area is 121 Å². The third-order valence-corrected chi connectivity index (χ3v) is 4.03. The smallest absolute Gasteiger partial charge is 0.268 e. The molecule has 1 fully saturated rings. The number of carbonyl (C=O) groups excluding carboxylic acids is 2. The van der Waals surface area contributed by atoms with Crippen molar-refractivity contribution in [3.63, 3.8) is 0 Å². The lowest BCUT2D eigenvalue weighted by atomic mass is 9.98. The molecule has 21 heavy (non-hydrogen) atoms. The van der Waals surface area contributed by atoms with E-state index >= 15 is 0 Å². The van der Waals surface area contributed by atoms with E-state index in [0.29, 0.717) is 28.4 Å². The summed E-state index contributed by atoms with van der Waals surface area (Å²) < 4.78 is 0. The Morgan fingerprint density at radius 3 is 2.52 bits per heavy atom. The molecule has 4 rings (SSSR count). The number of imide groups is 1. The van der Waals surface area contributed by atoms with Crippen molar-refractivity contribution in [1.29, 1.82) is 0 Å². The SMILES string of the molecule is Nc1ccc(C2CC2)c2c1C(=O)N(c1cccnc1)C2=O. The molecule has 2 amide bonds. The first-order chi connectivity index (χ1) is 10.2. The monoisotopic (exact) mass is 279 g/mol. The first kappa shape index (κ1) is 12.1. The van der Waals surface area contributed by atoms with Crippen molar-refractivity contribution < 1.29 is 9.59 Å². The number of carbonyl (C=O) groups is 2. The van der Waals surface area contributed by atoms with E-state index in [1.807, 2.05) is 6.07 Å². The number of fused-ring (bicyclic) bond motifs is 1. The molecule has 0 unspecified atom stereocenters. The summed E-state index contributed by atoms with van der Waals surface area (Å²) in [6.07, 6.45) is 5.23. The molecule has 1 aromatic carbocycles. The number of hydrogen-bond acceptors (Lipinski definition) is 4. The molecule has 1 aromatic heterocycles. The fourth-order valence-corrected chi connectivity index (χ4v) is 2.87. The maximum atomic E-state index is 12.7. The molecular formula is C16H13N3O2. The second-order valence-corrected chi connectivity index (χ2v) is 5.43. The second kappa shape index (κ2) is 4.15. The lowest BCUT2D eigenvalue weighted by Crippen LogP contribution is -2.29. The molecule has 0 radical (unpaired) electrons. The Balaban J connectivity index is 1.90. The Kier molecular flexibility index (Phi) is 2.39. The third kappa shape index (κ3) is 1.67. The number of nitrogens with two attached hydrogens (primary N) is 1. The van der Waals surface area contributed by atoms with Gasteiger partial charge in [-0.05, 0) is 42.5 Å². The van der Waals surface area contributed by atoms with Crippen LogP contribution in [0.5, 0.6) is 0 Å². The summed E-state index contributed by atoms with van der Waals surface area (Å²) in [5.41, 5.74) is 8.54. The number of hydrogen-bond donors (Lipinski definition) is 1. The number of rotatable bonds is 2. The zero-order chi connectivity index (χ0) is 14.6. The predicted octanol–water partition coefficient (Wildman–Crippen LogP) is 2.34. The summed E-state index contributed by atoms with van der Waals surface area (Å²) in [6.45, 7) is 0. The van der Waals surface area contributed by atoms with Crippen LogP contribution in [0.15, 0.2) is 36.7 Å². The summed E-state index contributed by atoms with van der Waals surface area (Å²) in [4.78, 5) is 30.5. The van der Waals surface area contributed by atoms with Gasteiger partial charge in [0.2, 0.25) is 0 Å². The van der Waals surface area contributed by atoms with Gasteiger partial charge in [0, 0.05) is 11.9 Å². The zero-order valence-electron chi connectivity index (χ0n) is 11.2. The fraction of sp³-hybridized carbons (Fsp3) is 0.188. The van der Waals surface area contributed by atoms with Crippen LogP contribution in [0, 0.1) is 0 Å². The van der Waals surface area contributed by atoms with Crippen LogP contribution in [0.3, 0.4) is 0 Å². The van der Waals surface area contributed by atoms with E-state index in [0.717, 1.165) is 18.4 Å². The summed E-state index contributed by atoms with van der Waals surface area (Å²) in [5.74, 6) is -0.273. The number of nitrogen functional groups attached to an aromatic ring is 1. The minimum absolute atomic E-state index is 0.294. The molecule has 104 valence electrons. The molecule has 5 nitrogen and oxygen atoms in total. The molecule has 0 bridgehead atoms. The van der Waals surface area contributed by atoms with E-state index in [2.05, 4.69) is 4.98 Å². The number of amides is 2. The van der Waals surface area contributed by atoms with Crippen LogP contribution >= 0.6 is 0 Å². The van der Waals surface area contributed by atoms with Crippen LogP contribution in [0.1, 0.15) is 45.0 Å². The van der Waals surface area contributed by atoms with Crippen molar-refractivity contribution in [1.82, 2.24) is 4.98 Å². The van der Waals surface area contributed by atoms with Gasteiger partial charge in [0.1, 0.15) is 0 Å². The minimum Gasteiger partial charge on any atom is -0.398 e. The van der Waals surface area contributed by atoms with Crippen molar-refractivity contribution in [2.24, 2.45) is 0 Å². The Morgan fingerprint density at radius 2 is 1.86 bits per heavy atom. The van der Waals surface area contributed by atoms with Gasteiger partial charge in [0.25, 0.3) is 11.8 Å². The highest BCUT2D eigenvalue weighted by Gasteiger charge is 2.42. The van der Waals surface area contributed by atoms with Crippen LogP contribution in [0.2, 0.25) is 0 Å². The lowest BCUT2D eigenvalue weighted by molar-refractivity contribution is 0.0926.